The first-order valence-electron chi connectivity index (χ1n) is 11.8. The average molecular weight is 465 g/mol. The van der Waals surface area contributed by atoms with Crippen molar-refractivity contribution in [2.75, 3.05) is 13.2 Å². The van der Waals surface area contributed by atoms with Crippen LogP contribution in [0.3, 0.4) is 0 Å². The number of aliphatic hydroxyl groups excluding tert-OH is 1. The molecule has 2 amide bonds. The van der Waals surface area contributed by atoms with Gasteiger partial charge >= 0.3 is 12.1 Å². The van der Waals surface area contributed by atoms with E-state index in [0.717, 1.165) is 28.7 Å². The molecule has 3 N–H and O–H groups in total. The van der Waals surface area contributed by atoms with E-state index < -0.39 is 36.2 Å². The fraction of sp³-hybridized carbons (Fsp3) is 0.423. The molecule has 2 fully saturated rings. The van der Waals surface area contributed by atoms with Gasteiger partial charge in [0.1, 0.15) is 12.6 Å². The predicted molar refractivity (Wildman–Crippen MR) is 123 cm³/mol. The molecule has 0 spiro atoms. The SMILES string of the molecule is O=C(N[C@H]1CCC[C@H]1C(=O)N1C[C@H](O)C[C@H]1C(=O)O)OCC1c2ccccc2-c2ccccc21. The van der Waals surface area contributed by atoms with Crippen LogP contribution in [0.25, 0.3) is 11.1 Å². The smallest absolute Gasteiger partial charge is 0.407 e. The molecule has 5 rings (SSSR count). The van der Waals surface area contributed by atoms with Crippen LogP contribution in [0.5, 0.6) is 0 Å². The minimum atomic E-state index is -1.12. The zero-order chi connectivity index (χ0) is 23.8. The van der Waals surface area contributed by atoms with Crippen LogP contribution in [0.2, 0.25) is 0 Å². The second-order valence-electron chi connectivity index (χ2n) is 9.35. The highest BCUT2D eigenvalue weighted by atomic mass is 16.5. The Morgan fingerprint density at radius 1 is 1.00 bits per heavy atom. The molecule has 8 heteroatoms. The van der Waals surface area contributed by atoms with Gasteiger partial charge in [0.15, 0.2) is 0 Å². The van der Waals surface area contributed by atoms with Crippen molar-refractivity contribution < 1.29 is 29.3 Å². The average Bonchev–Trinajstić information content (AvgIpc) is 3.53. The summed E-state index contributed by atoms with van der Waals surface area (Å²) in [6.45, 7) is 0.189. The van der Waals surface area contributed by atoms with Gasteiger partial charge < -0.3 is 25.2 Å². The van der Waals surface area contributed by atoms with E-state index in [1.165, 1.54) is 4.90 Å². The molecule has 178 valence electrons. The summed E-state index contributed by atoms with van der Waals surface area (Å²) < 4.78 is 5.62. The van der Waals surface area contributed by atoms with E-state index in [1.54, 1.807) is 0 Å². The fourth-order valence-electron chi connectivity index (χ4n) is 5.72. The highest BCUT2D eigenvalue weighted by Gasteiger charge is 2.44. The number of carbonyl (C=O) groups is 3. The number of fused-ring (bicyclic) bond motifs is 3. The molecule has 1 heterocycles. The predicted octanol–water partition coefficient (Wildman–Crippen LogP) is 2.74. The van der Waals surface area contributed by atoms with Gasteiger partial charge in [0.2, 0.25) is 5.91 Å². The van der Waals surface area contributed by atoms with Crippen molar-refractivity contribution >= 4 is 18.0 Å². The highest BCUT2D eigenvalue weighted by molar-refractivity contribution is 5.87. The number of benzene rings is 2. The lowest BCUT2D eigenvalue weighted by Gasteiger charge is -2.28. The second-order valence-corrected chi connectivity index (χ2v) is 9.35. The number of carboxylic acids is 1. The number of nitrogens with one attached hydrogen (secondary N) is 1. The minimum Gasteiger partial charge on any atom is -0.480 e. The number of β-amino-alcohol motifs (C(OH)–C–C–N with tert-alkyl or cyclic N) is 1. The van der Waals surface area contributed by atoms with Crippen molar-refractivity contribution in [3.8, 4) is 11.1 Å². The van der Waals surface area contributed by atoms with Gasteiger partial charge in [-0.3, -0.25) is 4.79 Å². The summed E-state index contributed by atoms with van der Waals surface area (Å²) in [4.78, 5) is 38.6. The summed E-state index contributed by atoms with van der Waals surface area (Å²) in [5.41, 5.74) is 4.54. The van der Waals surface area contributed by atoms with Gasteiger partial charge in [-0.05, 0) is 35.1 Å². The third-order valence-electron chi connectivity index (χ3n) is 7.33. The van der Waals surface area contributed by atoms with Gasteiger partial charge in [-0.15, -0.1) is 0 Å². The molecule has 0 aromatic heterocycles. The maximum atomic E-state index is 13.1. The molecule has 1 aliphatic heterocycles. The van der Waals surface area contributed by atoms with Crippen molar-refractivity contribution in [1.29, 1.82) is 0 Å². The van der Waals surface area contributed by atoms with Crippen molar-refractivity contribution in [2.24, 2.45) is 5.92 Å². The number of likely N-dealkylation sites (tertiary alicyclic amines) is 1. The monoisotopic (exact) mass is 464 g/mol. The molecule has 2 aliphatic carbocycles. The molecule has 3 aliphatic rings. The molecule has 1 saturated heterocycles. The van der Waals surface area contributed by atoms with E-state index in [2.05, 4.69) is 29.6 Å². The Kier molecular flexibility index (Phi) is 6.00. The molecule has 0 unspecified atom stereocenters. The van der Waals surface area contributed by atoms with Crippen molar-refractivity contribution in [1.82, 2.24) is 10.2 Å². The molecule has 8 nitrogen and oxygen atoms in total. The Balaban J connectivity index is 1.23. The number of amides is 2. The molecule has 2 aromatic rings. The lowest BCUT2D eigenvalue weighted by atomic mass is 9.98. The number of aliphatic carboxylic acids is 1. The van der Waals surface area contributed by atoms with Crippen LogP contribution >= 0.6 is 0 Å². The molecule has 1 saturated carbocycles. The summed E-state index contributed by atoms with van der Waals surface area (Å²) in [5.74, 6) is -2.02. The fourth-order valence-corrected chi connectivity index (χ4v) is 5.72. The van der Waals surface area contributed by atoms with E-state index in [1.807, 2.05) is 24.3 Å². The summed E-state index contributed by atoms with van der Waals surface area (Å²) in [6, 6.07) is 14.7. The largest absolute Gasteiger partial charge is 0.480 e. The Morgan fingerprint density at radius 3 is 2.29 bits per heavy atom. The Hall–Kier alpha value is -3.39. The van der Waals surface area contributed by atoms with Crippen LogP contribution in [-0.2, 0) is 14.3 Å². The van der Waals surface area contributed by atoms with Gasteiger partial charge in [0.25, 0.3) is 0 Å². The molecule has 4 atom stereocenters. The number of rotatable bonds is 5. The number of hydrogen-bond donors (Lipinski definition) is 3. The number of ether oxygens (including phenoxy) is 1. The van der Waals surface area contributed by atoms with Crippen LogP contribution in [-0.4, -0.2) is 64.4 Å². The maximum Gasteiger partial charge on any atom is 0.407 e. The molecule has 2 aromatic carbocycles. The molecule has 0 radical (unpaired) electrons. The van der Waals surface area contributed by atoms with Crippen LogP contribution in [0.1, 0.15) is 42.7 Å². The quantitative estimate of drug-likeness (QED) is 0.627. The van der Waals surface area contributed by atoms with Crippen molar-refractivity contribution in [2.45, 2.75) is 49.8 Å². The molecule has 34 heavy (non-hydrogen) atoms. The number of aliphatic hydroxyl groups is 1. The van der Waals surface area contributed by atoms with E-state index in [0.29, 0.717) is 12.8 Å². The van der Waals surface area contributed by atoms with Crippen LogP contribution in [0.15, 0.2) is 48.5 Å². The number of hydrogen-bond acceptors (Lipinski definition) is 5. The van der Waals surface area contributed by atoms with E-state index in [9.17, 15) is 24.6 Å². The first kappa shape index (κ1) is 22.4. The Bertz CT molecular complexity index is 1070. The van der Waals surface area contributed by atoms with Crippen LogP contribution < -0.4 is 5.32 Å². The summed E-state index contributed by atoms with van der Waals surface area (Å²) >= 11 is 0. The van der Waals surface area contributed by atoms with Gasteiger partial charge in [-0.1, -0.05) is 55.0 Å². The summed E-state index contributed by atoms with van der Waals surface area (Å²) in [6.07, 6.45) is 0.528. The zero-order valence-corrected chi connectivity index (χ0v) is 18.7. The lowest BCUT2D eigenvalue weighted by Crippen LogP contribution is -2.49. The summed E-state index contributed by atoms with van der Waals surface area (Å²) in [5, 5.41) is 22.2. The van der Waals surface area contributed by atoms with E-state index in [4.69, 9.17) is 4.74 Å². The van der Waals surface area contributed by atoms with Gasteiger partial charge in [-0.2, -0.15) is 0 Å². The van der Waals surface area contributed by atoms with Crippen molar-refractivity contribution in [3.05, 3.63) is 59.7 Å². The Morgan fingerprint density at radius 2 is 1.65 bits per heavy atom. The maximum absolute atomic E-state index is 13.1. The zero-order valence-electron chi connectivity index (χ0n) is 18.7. The third kappa shape index (κ3) is 4.03. The number of nitrogens with zero attached hydrogens (tertiary/aromatic N) is 1. The van der Waals surface area contributed by atoms with Gasteiger partial charge in [0, 0.05) is 24.9 Å². The standard InChI is InChI=1S/C26H28N2O6/c29-15-12-23(25(31)32)28(13-15)24(30)20-10-5-11-22(20)27-26(33)34-14-21-18-8-3-1-6-16(18)17-7-2-4-9-19(17)21/h1-4,6-9,15,20-23,29H,5,10-14H2,(H,27,33)(H,31,32)/t15-,20-,22+,23+/m1/s1. The van der Waals surface area contributed by atoms with E-state index in [-0.39, 0.29) is 31.4 Å². The normalized spacial score (nSPS) is 25.6. The van der Waals surface area contributed by atoms with Crippen LogP contribution in [0.4, 0.5) is 4.79 Å². The number of carbonyl (C=O) groups excluding carboxylic acids is 2. The highest BCUT2D eigenvalue weighted by Crippen LogP contribution is 2.44. The van der Waals surface area contributed by atoms with Crippen LogP contribution in [0, 0.1) is 5.92 Å². The Labute approximate surface area is 197 Å². The number of carboxylic acid groups (broad SMARTS) is 1. The first-order chi connectivity index (χ1) is 16.4. The summed E-state index contributed by atoms with van der Waals surface area (Å²) in [7, 11) is 0. The minimum absolute atomic E-state index is 0.00393. The van der Waals surface area contributed by atoms with Gasteiger partial charge in [-0.25, -0.2) is 9.59 Å². The lowest BCUT2D eigenvalue weighted by molar-refractivity contribution is -0.150. The third-order valence-corrected chi connectivity index (χ3v) is 7.33. The van der Waals surface area contributed by atoms with E-state index >= 15 is 0 Å². The first-order valence-corrected chi connectivity index (χ1v) is 11.8. The topological polar surface area (TPSA) is 116 Å². The molecule has 0 bridgehead atoms. The van der Waals surface area contributed by atoms with Gasteiger partial charge in [0.05, 0.1) is 12.0 Å². The van der Waals surface area contributed by atoms with Crippen molar-refractivity contribution in [3.63, 3.8) is 0 Å². The molecular formula is C26H28N2O6. The number of alkyl carbamates (subject to hydrolysis) is 1. The molecular weight excluding hydrogens is 436 g/mol. The second kappa shape index (κ2) is 9.10.